The first-order valence-corrected chi connectivity index (χ1v) is 11.4. The number of hydrogen-bond acceptors (Lipinski definition) is 9. The molecule has 2 atom stereocenters. The molecule has 0 radical (unpaired) electrons. The Balaban J connectivity index is 1.15. The van der Waals surface area contributed by atoms with Gasteiger partial charge in [0.25, 0.3) is 0 Å². The van der Waals surface area contributed by atoms with Crippen LogP contribution in [0.15, 0.2) is 30.6 Å². The maximum atomic E-state index is 14.6. The van der Waals surface area contributed by atoms with E-state index >= 15 is 0 Å². The van der Waals surface area contributed by atoms with Crippen LogP contribution in [-0.4, -0.2) is 77.6 Å². The summed E-state index contributed by atoms with van der Waals surface area (Å²) in [4.78, 5) is 15.1. The number of likely N-dealkylation sites (tertiary alicyclic amines) is 1. The number of methoxy groups -OCH3 is 1. The Bertz CT molecular complexity index is 1160. The highest BCUT2D eigenvalue weighted by Crippen LogP contribution is 2.29. The lowest BCUT2D eigenvalue weighted by molar-refractivity contribution is 0.140. The van der Waals surface area contributed by atoms with Crippen molar-refractivity contribution >= 4 is 11.0 Å². The number of rotatable bonds is 8. The summed E-state index contributed by atoms with van der Waals surface area (Å²) >= 11 is 0. The highest BCUT2D eigenvalue weighted by molar-refractivity contribution is 5.78. The van der Waals surface area contributed by atoms with E-state index in [9.17, 15) is 9.50 Å². The van der Waals surface area contributed by atoms with Gasteiger partial charge in [0.1, 0.15) is 19.0 Å². The van der Waals surface area contributed by atoms with Gasteiger partial charge in [-0.3, -0.25) is 9.97 Å². The standard InChI is InChI=1S/C24H28FN5O4/c1-32-23-3-2-19-24(29-23)17(18(25)11-28-19)4-5-30-13-15(20(31)14-30)9-26-10-16-8-21-22(12-27-16)34-7-6-33-21/h2-3,8,11-12,15,20,26,31H,4-7,9-10,13-14H2,1H3/t15-,20+/m0/s1. The number of ether oxygens (including phenoxy) is 3. The van der Waals surface area contributed by atoms with Crippen molar-refractivity contribution in [3.63, 3.8) is 0 Å². The maximum absolute atomic E-state index is 14.6. The third kappa shape index (κ3) is 4.89. The largest absolute Gasteiger partial charge is 0.486 e. The van der Waals surface area contributed by atoms with E-state index in [1.165, 1.54) is 13.3 Å². The van der Waals surface area contributed by atoms with E-state index in [2.05, 4.69) is 25.2 Å². The Labute approximate surface area is 196 Å². The molecule has 0 saturated carbocycles. The maximum Gasteiger partial charge on any atom is 0.213 e. The molecular formula is C24H28FN5O4. The molecule has 34 heavy (non-hydrogen) atoms. The molecule has 0 unspecified atom stereocenters. The number of halogens is 1. The van der Waals surface area contributed by atoms with Gasteiger partial charge < -0.3 is 29.5 Å². The summed E-state index contributed by atoms with van der Waals surface area (Å²) in [6.07, 6.45) is 2.95. The number of β-amino-alcohol motifs (C(OH)–C–C–N with tert-alkyl or cyclic N) is 1. The van der Waals surface area contributed by atoms with E-state index in [4.69, 9.17) is 14.2 Å². The third-order valence-electron chi connectivity index (χ3n) is 6.31. The molecule has 0 spiro atoms. The molecular weight excluding hydrogens is 441 g/mol. The minimum Gasteiger partial charge on any atom is -0.486 e. The molecule has 1 saturated heterocycles. The van der Waals surface area contributed by atoms with E-state index in [1.54, 1.807) is 18.3 Å². The number of nitrogens with zero attached hydrogens (tertiary/aromatic N) is 4. The normalized spacial score (nSPS) is 20.1. The molecule has 3 aromatic heterocycles. The van der Waals surface area contributed by atoms with Gasteiger partial charge in [0.2, 0.25) is 5.88 Å². The van der Waals surface area contributed by atoms with Crippen LogP contribution in [0.3, 0.4) is 0 Å². The van der Waals surface area contributed by atoms with Gasteiger partial charge in [-0.1, -0.05) is 0 Å². The minimum absolute atomic E-state index is 0.0782. The number of hydrogen-bond donors (Lipinski definition) is 2. The number of aromatic nitrogens is 3. The summed E-state index contributed by atoms with van der Waals surface area (Å²) < 4.78 is 30.9. The van der Waals surface area contributed by atoms with Crippen molar-refractivity contribution in [2.45, 2.75) is 19.1 Å². The van der Waals surface area contributed by atoms with Crippen molar-refractivity contribution in [1.29, 1.82) is 0 Å². The minimum atomic E-state index is -0.446. The number of nitrogens with one attached hydrogen (secondary N) is 1. The molecule has 0 amide bonds. The summed E-state index contributed by atoms with van der Waals surface area (Å²) in [5.41, 5.74) is 2.53. The van der Waals surface area contributed by atoms with Crippen LogP contribution in [0.25, 0.3) is 11.0 Å². The first-order chi connectivity index (χ1) is 16.6. The van der Waals surface area contributed by atoms with E-state index < -0.39 is 6.10 Å². The molecule has 10 heteroatoms. The fourth-order valence-corrected chi connectivity index (χ4v) is 4.50. The van der Waals surface area contributed by atoms with Gasteiger partial charge in [-0.15, -0.1) is 0 Å². The quantitative estimate of drug-likeness (QED) is 0.509. The lowest BCUT2D eigenvalue weighted by Crippen LogP contribution is -2.30. The van der Waals surface area contributed by atoms with Crippen molar-refractivity contribution in [3.05, 3.63) is 47.7 Å². The molecule has 2 aliphatic heterocycles. The number of pyridine rings is 3. The van der Waals surface area contributed by atoms with Gasteiger partial charge >= 0.3 is 0 Å². The van der Waals surface area contributed by atoms with Gasteiger partial charge in [0.15, 0.2) is 11.5 Å². The topological polar surface area (TPSA) is 102 Å². The Morgan fingerprint density at radius 1 is 1.18 bits per heavy atom. The molecule has 1 fully saturated rings. The summed E-state index contributed by atoms with van der Waals surface area (Å²) in [6, 6.07) is 5.38. The van der Waals surface area contributed by atoms with Crippen LogP contribution < -0.4 is 19.5 Å². The molecule has 180 valence electrons. The van der Waals surface area contributed by atoms with Crippen LogP contribution in [0.5, 0.6) is 17.4 Å². The zero-order valence-corrected chi connectivity index (χ0v) is 19.0. The summed E-state index contributed by atoms with van der Waals surface area (Å²) in [5, 5.41) is 13.9. The fraction of sp³-hybridized carbons (Fsp3) is 0.458. The zero-order chi connectivity index (χ0) is 23.5. The molecule has 9 nitrogen and oxygen atoms in total. The zero-order valence-electron chi connectivity index (χ0n) is 19.0. The monoisotopic (exact) mass is 469 g/mol. The molecule has 0 aromatic carbocycles. The van der Waals surface area contributed by atoms with Crippen LogP contribution in [0.2, 0.25) is 0 Å². The first kappa shape index (κ1) is 22.7. The SMILES string of the molecule is COc1ccc2ncc(F)c(CCN3C[C@H](CNCc4cc5c(cn4)OCCO5)[C@H](O)C3)c2n1. The second-order valence-electron chi connectivity index (χ2n) is 8.59. The van der Waals surface area contributed by atoms with Crippen molar-refractivity contribution in [1.82, 2.24) is 25.2 Å². The van der Waals surface area contributed by atoms with E-state index in [0.29, 0.717) is 79.8 Å². The third-order valence-corrected chi connectivity index (χ3v) is 6.31. The summed E-state index contributed by atoms with van der Waals surface area (Å²) in [7, 11) is 1.53. The molecule has 5 heterocycles. The van der Waals surface area contributed by atoms with Gasteiger partial charge in [-0.05, 0) is 12.5 Å². The van der Waals surface area contributed by atoms with Crippen LogP contribution in [0, 0.1) is 11.7 Å². The molecule has 2 aliphatic rings. The van der Waals surface area contributed by atoms with E-state index in [0.717, 1.165) is 12.2 Å². The van der Waals surface area contributed by atoms with Gasteiger partial charge in [-0.2, -0.15) is 0 Å². The average molecular weight is 470 g/mol. The van der Waals surface area contributed by atoms with E-state index in [-0.39, 0.29) is 11.7 Å². The van der Waals surface area contributed by atoms with Crippen LogP contribution in [-0.2, 0) is 13.0 Å². The smallest absolute Gasteiger partial charge is 0.213 e. The van der Waals surface area contributed by atoms with Gasteiger partial charge in [-0.25, -0.2) is 9.37 Å². The van der Waals surface area contributed by atoms with Crippen molar-refractivity contribution in [2.24, 2.45) is 5.92 Å². The number of aliphatic hydroxyl groups is 1. The Kier molecular flexibility index (Phi) is 6.70. The molecule has 0 aliphatic carbocycles. The molecule has 3 aromatic rings. The highest BCUT2D eigenvalue weighted by Gasteiger charge is 2.31. The van der Waals surface area contributed by atoms with Crippen molar-refractivity contribution in [2.75, 3.05) is 46.5 Å². The van der Waals surface area contributed by atoms with Crippen LogP contribution in [0.4, 0.5) is 4.39 Å². The van der Waals surface area contributed by atoms with Gasteiger partial charge in [0, 0.05) is 56.3 Å². The average Bonchev–Trinajstić information content (AvgIpc) is 3.22. The Morgan fingerprint density at radius 3 is 2.88 bits per heavy atom. The molecule has 5 rings (SSSR count). The summed E-state index contributed by atoms with van der Waals surface area (Å²) in [6.45, 7) is 4.20. The lowest BCUT2D eigenvalue weighted by Gasteiger charge is -2.19. The molecule has 0 bridgehead atoms. The van der Waals surface area contributed by atoms with Crippen molar-refractivity contribution in [3.8, 4) is 17.4 Å². The second kappa shape index (κ2) is 10.0. The van der Waals surface area contributed by atoms with E-state index in [1.807, 2.05) is 6.07 Å². The Hall–Kier alpha value is -3.08. The van der Waals surface area contributed by atoms with Crippen LogP contribution >= 0.6 is 0 Å². The van der Waals surface area contributed by atoms with Crippen LogP contribution in [0.1, 0.15) is 11.3 Å². The summed E-state index contributed by atoms with van der Waals surface area (Å²) in [5.74, 6) is 1.51. The Morgan fingerprint density at radius 2 is 2.03 bits per heavy atom. The second-order valence-corrected chi connectivity index (χ2v) is 8.59. The predicted molar refractivity (Wildman–Crippen MR) is 123 cm³/mol. The molecule has 2 N–H and O–H groups in total. The number of fused-ring (bicyclic) bond motifs is 2. The van der Waals surface area contributed by atoms with Crippen molar-refractivity contribution < 1.29 is 23.7 Å². The fourth-order valence-electron chi connectivity index (χ4n) is 4.50. The predicted octanol–water partition coefficient (Wildman–Crippen LogP) is 1.57. The van der Waals surface area contributed by atoms with Gasteiger partial charge in [0.05, 0.1) is 42.3 Å². The lowest BCUT2D eigenvalue weighted by atomic mass is 10.1. The number of aliphatic hydroxyl groups excluding tert-OH is 1. The highest BCUT2D eigenvalue weighted by atomic mass is 19.1. The first-order valence-electron chi connectivity index (χ1n) is 11.4.